The maximum Gasteiger partial charge on any atom is 0.274 e. The van der Waals surface area contributed by atoms with Crippen LogP contribution < -0.4 is 10.4 Å². The number of hydrogen-bond acceptors (Lipinski definition) is 3. The van der Waals surface area contributed by atoms with Crippen LogP contribution in [0.3, 0.4) is 0 Å². The van der Waals surface area contributed by atoms with Crippen molar-refractivity contribution in [1.29, 1.82) is 0 Å². The summed E-state index contributed by atoms with van der Waals surface area (Å²) >= 11 is 0. The van der Waals surface area contributed by atoms with Crippen molar-refractivity contribution >= 4 is 17.3 Å². The molecule has 0 spiro atoms. The highest BCUT2D eigenvalue weighted by atomic mass is 16.5. The maximum atomic E-state index is 11.5. The number of carbonyl (C=O) groups excluding carboxylic acids is 1. The zero-order chi connectivity index (χ0) is 17.9. The van der Waals surface area contributed by atoms with Crippen LogP contribution in [0.25, 0.3) is 0 Å². The Kier molecular flexibility index (Phi) is 4.42. The van der Waals surface area contributed by atoms with E-state index in [2.05, 4.69) is 53.4 Å². The molecule has 0 saturated carbocycles. The first-order chi connectivity index (χ1) is 12.8. The molecule has 3 aromatic carbocycles. The Labute approximate surface area is 152 Å². The van der Waals surface area contributed by atoms with Gasteiger partial charge in [-0.1, -0.05) is 48.5 Å². The molecular formula is C22H20N2O2. The van der Waals surface area contributed by atoms with Crippen molar-refractivity contribution in [3.8, 4) is 0 Å². The number of carbonyl (C=O) groups is 1. The Morgan fingerprint density at radius 3 is 1.92 bits per heavy atom. The normalized spacial score (nSPS) is 12.7. The van der Waals surface area contributed by atoms with E-state index >= 15 is 0 Å². The standard InChI is InChI=1S/C22H20N2O2/c25-22(23-26)19-11-9-16(10-12-19)15-24-20-7-3-1-5-17(20)13-14-18-6-2-4-8-21(18)24/h1-12,26H,13-15H2,(H,23,25). The molecule has 1 aliphatic heterocycles. The number of amides is 1. The third kappa shape index (κ3) is 3.07. The smallest absolute Gasteiger partial charge is 0.274 e. The second-order valence-corrected chi connectivity index (χ2v) is 6.48. The van der Waals surface area contributed by atoms with E-state index in [0.29, 0.717) is 5.56 Å². The quantitative estimate of drug-likeness (QED) is 0.552. The zero-order valence-corrected chi connectivity index (χ0v) is 14.4. The van der Waals surface area contributed by atoms with E-state index in [1.807, 2.05) is 12.1 Å². The summed E-state index contributed by atoms with van der Waals surface area (Å²) in [5, 5.41) is 8.76. The van der Waals surface area contributed by atoms with Crippen molar-refractivity contribution in [2.24, 2.45) is 0 Å². The second-order valence-electron chi connectivity index (χ2n) is 6.48. The number of nitrogens with zero attached hydrogens (tertiary/aromatic N) is 1. The van der Waals surface area contributed by atoms with Crippen LogP contribution in [-0.2, 0) is 19.4 Å². The predicted octanol–water partition coefficient (Wildman–Crippen LogP) is 4.24. The molecule has 0 atom stereocenters. The highest BCUT2D eigenvalue weighted by Gasteiger charge is 2.20. The number of hydrogen-bond donors (Lipinski definition) is 2. The fourth-order valence-electron chi connectivity index (χ4n) is 3.55. The van der Waals surface area contributed by atoms with Crippen LogP contribution in [0.15, 0.2) is 72.8 Å². The van der Waals surface area contributed by atoms with Crippen LogP contribution in [0.1, 0.15) is 27.0 Å². The average molecular weight is 344 g/mol. The SMILES string of the molecule is O=C(NO)c1ccc(CN2c3ccccc3CCc3ccccc32)cc1. The number of para-hydroxylation sites is 2. The number of benzene rings is 3. The zero-order valence-electron chi connectivity index (χ0n) is 14.4. The van der Waals surface area contributed by atoms with Gasteiger partial charge >= 0.3 is 0 Å². The van der Waals surface area contributed by atoms with Gasteiger partial charge in [-0.25, -0.2) is 5.48 Å². The molecule has 1 amide bonds. The monoisotopic (exact) mass is 344 g/mol. The van der Waals surface area contributed by atoms with E-state index in [9.17, 15) is 4.79 Å². The highest BCUT2D eigenvalue weighted by molar-refractivity contribution is 5.93. The summed E-state index contributed by atoms with van der Waals surface area (Å²) in [5.41, 5.74) is 8.36. The summed E-state index contributed by atoms with van der Waals surface area (Å²) in [6.45, 7) is 0.717. The molecule has 0 radical (unpaired) electrons. The van der Waals surface area contributed by atoms with Crippen LogP contribution in [0, 0.1) is 0 Å². The van der Waals surface area contributed by atoms with Gasteiger partial charge in [0.2, 0.25) is 0 Å². The van der Waals surface area contributed by atoms with E-state index in [4.69, 9.17) is 5.21 Å². The Morgan fingerprint density at radius 2 is 1.38 bits per heavy atom. The summed E-state index contributed by atoms with van der Waals surface area (Å²) in [4.78, 5) is 13.9. The van der Waals surface area contributed by atoms with Gasteiger partial charge in [-0.05, 0) is 53.8 Å². The lowest BCUT2D eigenvalue weighted by molar-refractivity contribution is 0.0706. The minimum atomic E-state index is -0.498. The molecule has 0 saturated heterocycles. The molecule has 130 valence electrons. The van der Waals surface area contributed by atoms with Crippen LogP contribution in [0.5, 0.6) is 0 Å². The number of anilines is 2. The van der Waals surface area contributed by atoms with E-state index in [1.54, 1.807) is 17.6 Å². The van der Waals surface area contributed by atoms with Crippen molar-refractivity contribution in [3.05, 3.63) is 95.1 Å². The van der Waals surface area contributed by atoms with Gasteiger partial charge in [-0.3, -0.25) is 10.0 Å². The minimum absolute atomic E-state index is 0.438. The van der Waals surface area contributed by atoms with E-state index in [1.165, 1.54) is 22.5 Å². The first-order valence-electron chi connectivity index (χ1n) is 8.73. The molecule has 2 N–H and O–H groups in total. The van der Waals surface area contributed by atoms with Crippen LogP contribution in [-0.4, -0.2) is 11.1 Å². The minimum Gasteiger partial charge on any atom is -0.337 e. The van der Waals surface area contributed by atoms with Crippen molar-refractivity contribution < 1.29 is 10.0 Å². The molecule has 26 heavy (non-hydrogen) atoms. The molecule has 4 heteroatoms. The second kappa shape index (κ2) is 7.02. The Balaban J connectivity index is 1.72. The van der Waals surface area contributed by atoms with Crippen molar-refractivity contribution in [3.63, 3.8) is 0 Å². The molecule has 4 rings (SSSR count). The fourth-order valence-corrected chi connectivity index (χ4v) is 3.55. The third-order valence-corrected chi connectivity index (χ3v) is 4.89. The summed E-state index contributed by atoms with van der Waals surface area (Å²) in [6.07, 6.45) is 2.05. The van der Waals surface area contributed by atoms with Crippen LogP contribution in [0.4, 0.5) is 11.4 Å². The molecule has 1 aliphatic rings. The van der Waals surface area contributed by atoms with Crippen molar-refractivity contribution in [2.75, 3.05) is 4.90 Å². The topological polar surface area (TPSA) is 52.6 Å². The molecule has 0 bridgehead atoms. The van der Waals surface area contributed by atoms with Gasteiger partial charge in [0.25, 0.3) is 5.91 Å². The van der Waals surface area contributed by atoms with E-state index in [-0.39, 0.29) is 0 Å². The fraction of sp³-hybridized carbons (Fsp3) is 0.136. The summed E-state index contributed by atoms with van der Waals surface area (Å²) in [7, 11) is 0. The predicted molar refractivity (Wildman–Crippen MR) is 102 cm³/mol. The van der Waals surface area contributed by atoms with Crippen LogP contribution >= 0.6 is 0 Å². The first-order valence-corrected chi connectivity index (χ1v) is 8.73. The first kappa shape index (κ1) is 16.4. The van der Waals surface area contributed by atoms with Gasteiger partial charge in [0.1, 0.15) is 0 Å². The van der Waals surface area contributed by atoms with Crippen molar-refractivity contribution in [1.82, 2.24) is 5.48 Å². The lowest BCUT2D eigenvalue weighted by Gasteiger charge is -2.27. The molecule has 0 fully saturated rings. The summed E-state index contributed by atoms with van der Waals surface area (Å²) in [5.74, 6) is -0.498. The van der Waals surface area contributed by atoms with Crippen molar-refractivity contribution in [2.45, 2.75) is 19.4 Å². The third-order valence-electron chi connectivity index (χ3n) is 4.89. The Hall–Kier alpha value is -3.11. The Morgan fingerprint density at radius 1 is 0.846 bits per heavy atom. The summed E-state index contributed by atoms with van der Waals surface area (Å²) < 4.78 is 0. The number of aryl methyl sites for hydroxylation is 2. The summed E-state index contributed by atoms with van der Waals surface area (Å²) in [6, 6.07) is 24.4. The molecule has 4 nitrogen and oxygen atoms in total. The average Bonchev–Trinajstić information content (AvgIpc) is 2.86. The maximum absolute atomic E-state index is 11.5. The van der Waals surface area contributed by atoms with E-state index in [0.717, 1.165) is 24.9 Å². The number of hydroxylamine groups is 1. The largest absolute Gasteiger partial charge is 0.337 e. The van der Waals surface area contributed by atoms with Gasteiger partial charge in [0.05, 0.1) is 0 Å². The lowest BCUT2D eigenvalue weighted by atomic mass is 10.0. The molecule has 0 aromatic heterocycles. The van der Waals surface area contributed by atoms with Gasteiger partial charge in [0, 0.05) is 23.5 Å². The Bertz CT molecular complexity index is 887. The van der Waals surface area contributed by atoms with Gasteiger partial charge in [-0.2, -0.15) is 0 Å². The van der Waals surface area contributed by atoms with Gasteiger partial charge in [0.15, 0.2) is 0 Å². The highest BCUT2D eigenvalue weighted by Crippen LogP contribution is 2.36. The molecule has 0 unspecified atom stereocenters. The van der Waals surface area contributed by atoms with Crippen LogP contribution in [0.2, 0.25) is 0 Å². The number of fused-ring (bicyclic) bond motifs is 2. The molecule has 1 heterocycles. The van der Waals surface area contributed by atoms with Gasteiger partial charge < -0.3 is 4.90 Å². The molecule has 3 aromatic rings. The number of nitrogens with one attached hydrogen (secondary N) is 1. The number of rotatable bonds is 3. The van der Waals surface area contributed by atoms with Gasteiger partial charge in [-0.15, -0.1) is 0 Å². The lowest BCUT2D eigenvalue weighted by Crippen LogP contribution is -2.19. The molecule has 0 aliphatic carbocycles. The van der Waals surface area contributed by atoms with E-state index < -0.39 is 5.91 Å². The molecular weight excluding hydrogens is 324 g/mol.